The summed E-state index contributed by atoms with van der Waals surface area (Å²) in [7, 11) is -2.43. The topological polar surface area (TPSA) is 111 Å². The highest BCUT2D eigenvalue weighted by Crippen LogP contribution is 2.26. The molecule has 3 aromatic rings. The molecule has 1 amide bonds. The standard InChI is InChI=1S/C21H21N3O5S/c1-14-18(15(2)29-23-14)11-12-21(25)22-16-7-6-8-17(13-16)30(26,27)24-19-9-4-5-10-20(19)28-3/h4-13,24H,1-3H3,(H,22,25). The molecule has 156 valence electrons. The van der Waals surface area contributed by atoms with E-state index in [2.05, 4.69) is 15.2 Å². The summed E-state index contributed by atoms with van der Waals surface area (Å²) in [6, 6.07) is 12.6. The van der Waals surface area contributed by atoms with Crippen LogP contribution in [-0.2, 0) is 14.8 Å². The number of ether oxygens (including phenoxy) is 1. The van der Waals surface area contributed by atoms with E-state index in [1.165, 1.54) is 25.3 Å². The average molecular weight is 427 g/mol. The molecule has 0 bridgehead atoms. The predicted octanol–water partition coefficient (Wildman–Crippen LogP) is 3.75. The minimum Gasteiger partial charge on any atom is -0.495 e. The lowest BCUT2D eigenvalue weighted by Crippen LogP contribution is -2.14. The molecule has 1 heterocycles. The second-order valence-corrected chi connectivity index (χ2v) is 8.08. The van der Waals surface area contributed by atoms with Crippen LogP contribution in [-0.4, -0.2) is 26.6 Å². The van der Waals surface area contributed by atoms with Gasteiger partial charge in [0.15, 0.2) is 0 Å². The van der Waals surface area contributed by atoms with Crippen LogP contribution < -0.4 is 14.8 Å². The van der Waals surface area contributed by atoms with E-state index < -0.39 is 15.9 Å². The molecule has 2 aromatic carbocycles. The third-order valence-electron chi connectivity index (χ3n) is 4.25. The third-order valence-corrected chi connectivity index (χ3v) is 5.62. The molecule has 0 aliphatic carbocycles. The SMILES string of the molecule is COc1ccccc1NS(=O)(=O)c1cccc(NC(=O)C=Cc2c(C)noc2C)c1. The van der Waals surface area contributed by atoms with Crippen LogP contribution in [0.25, 0.3) is 6.08 Å². The van der Waals surface area contributed by atoms with Crippen molar-refractivity contribution in [1.29, 1.82) is 0 Å². The van der Waals surface area contributed by atoms with E-state index in [0.29, 0.717) is 28.6 Å². The van der Waals surface area contributed by atoms with E-state index in [4.69, 9.17) is 9.26 Å². The van der Waals surface area contributed by atoms with Crippen LogP contribution in [0.3, 0.4) is 0 Å². The molecule has 0 unspecified atom stereocenters. The fourth-order valence-corrected chi connectivity index (χ4v) is 3.86. The van der Waals surface area contributed by atoms with Crippen LogP contribution in [0.5, 0.6) is 5.75 Å². The number of anilines is 2. The maximum absolute atomic E-state index is 12.8. The first-order chi connectivity index (χ1) is 14.3. The van der Waals surface area contributed by atoms with Crippen molar-refractivity contribution < 1.29 is 22.5 Å². The van der Waals surface area contributed by atoms with Crippen LogP contribution >= 0.6 is 0 Å². The van der Waals surface area contributed by atoms with E-state index in [-0.39, 0.29) is 4.90 Å². The lowest BCUT2D eigenvalue weighted by Gasteiger charge is -2.12. The van der Waals surface area contributed by atoms with Gasteiger partial charge in [0, 0.05) is 17.3 Å². The quantitative estimate of drug-likeness (QED) is 0.556. The van der Waals surface area contributed by atoms with Crippen molar-refractivity contribution in [2.45, 2.75) is 18.7 Å². The molecule has 0 fully saturated rings. The van der Waals surface area contributed by atoms with Crippen molar-refractivity contribution in [1.82, 2.24) is 5.16 Å². The first kappa shape index (κ1) is 21.1. The Morgan fingerprint density at radius 2 is 1.90 bits per heavy atom. The van der Waals surface area contributed by atoms with Gasteiger partial charge in [-0.05, 0) is 50.3 Å². The van der Waals surface area contributed by atoms with Crippen LogP contribution in [0.4, 0.5) is 11.4 Å². The molecular weight excluding hydrogens is 406 g/mol. The molecule has 0 saturated heterocycles. The predicted molar refractivity (Wildman–Crippen MR) is 114 cm³/mol. The van der Waals surface area contributed by atoms with Gasteiger partial charge in [0.2, 0.25) is 5.91 Å². The first-order valence-electron chi connectivity index (χ1n) is 8.98. The van der Waals surface area contributed by atoms with Gasteiger partial charge in [-0.3, -0.25) is 9.52 Å². The van der Waals surface area contributed by atoms with Gasteiger partial charge in [0.1, 0.15) is 11.5 Å². The van der Waals surface area contributed by atoms with Crippen LogP contribution in [0.15, 0.2) is 64.0 Å². The summed E-state index contributed by atoms with van der Waals surface area (Å²) >= 11 is 0. The normalized spacial score (nSPS) is 11.4. The maximum Gasteiger partial charge on any atom is 0.262 e. The van der Waals surface area contributed by atoms with E-state index in [9.17, 15) is 13.2 Å². The Kier molecular flexibility index (Phi) is 6.22. The van der Waals surface area contributed by atoms with E-state index in [1.807, 2.05) is 0 Å². The van der Waals surface area contributed by atoms with Crippen LogP contribution in [0.2, 0.25) is 0 Å². The van der Waals surface area contributed by atoms with Gasteiger partial charge in [0.25, 0.3) is 10.0 Å². The number of benzene rings is 2. The molecule has 30 heavy (non-hydrogen) atoms. The lowest BCUT2D eigenvalue weighted by molar-refractivity contribution is -0.111. The molecule has 8 nitrogen and oxygen atoms in total. The first-order valence-corrected chi connectivity index (χ1v) is 10.5. The average Bonchev–Trinajstić information content (AvgIpc) is 3.04. The number of nitrogens with zero attached hydrogens (tertiary/aromatic N) is 1. The van der Waals surface area contributed by atoms with Crippen molar-refractivity contribution in [2.75, 3.05) is 17.1 Å². The highest BCUT2D eigenvalue weighted by molar-refractivity contribution is 7.92. The number of carbonyl (C=O) groups excluding carboxylic acids is 1. The van der Waals surface area contributed by atoms with Gasteiger partial charge in [-0.25, -0.2) is 8.42 Å². The molecule has 0 spiro atoms. The summed E-state index contributed by atoms with van der Waals surface area (Å²) in [5.41, 5.74) is 2.05. The molecule has 2 N–H and O–H groups in total. The minimum atomic E-state index is -3.88. The van der Waals surface area contributed by atoms with Crippen molar-refractivity contribution in [2.24, 2.45) is 0 Å². The molecule has 0 atom stereocenters. The zero-order chi connectivity index (χ0) is 21.7. The van der Waals surface area contributed by atoms with E-state index in [1.54, 1.807) is 56.3 Å². The summed E-state index contributed by atoms with van der Waals surface area (Å²) in [4.78, 5) is 12.2. The fourth-order valence-electron chi connectivity index (χ4n) is 2.74. The fraction of sp³-hybridized carbons (Fsp3) is 0.143. The largest absolute Gasteiger partial charge is 0.495 e. The molecule has 0 radical (unpaired) electrons. The summed E-state index contributed by atoms with van der Waals surface area (Å²) in [6.07, 6.45) is 2.93. The van der Waals surface area contributed by atoms with E-state index >= 15 is 0 Å². The van der Waals surface area contributed by atoms with Gasteiger partial charge in [0.05, 0.1) is 23.4 Å². The van der Waals surface area contributed by atoms with Crippen molar-refractivity contribution in [3.8, 4) is 5.75 Å². The molecule has 3 rings (SSSR count). The van der Waals surface area contributed by atoms with Crippen LogP contribution in [0, 0.1) is 13.8 Å². The van der Waals surface area contributed by atoms with Gasteiger partial charge in [-0.1, -0.05) is 23.4 Å². The second-order valence-electron chi connectivity index (χ2n) is 6.39. The van der Waals surface area contributed by atoms with Gasteiger partial charge in [-0.15, -0.1) is 0 Å². The number of aromatic nitrogens is 1. The van der Waals surface area contributed by atoms with Crippen molar-refractivity contribution in [3.05, 3.63) is 71.6 Å². The highest BCUT2D eigenvalue weighted by Gasteiger charge is 2.17. The van der Waals surface area contributed by atoms with Crippen LogP contribution in [0.1, 0.15) is 17.0 Å². The Morgan fingerprint density at radius 1 is 1.13 bits per heavy atom. The zero-order valence-corrected chi connectivity index (χ0v) is 17.5. The number of hydrogen-bond donors (Lipinski definition) is 2. The minimum absolute atomic E-state index is 0.000842. The molecule has 1 aromatic heterocycles. The maximum atomic E-state index is 12.8. The van der Waals surface area contributed by atoms with Gasteiger partial charge < -0.3 is 14.6 Å². The van der Waals surface area contributed by atoms with Crippen molar-refractivity contribution in [3.63, 3.8) is 0 Å². The number of aryl methyl sites for hydroxylation is 2. The Labute approximate surface area is 174 Å². The number of carbonyl (C=O) groups is 1. The zero-order valence-electron chi connectivity index (χ0n) is 16.7. The van der Waals surface area contributed by atoms with E-state index in [0.717, 1.165) is 5.56 Å². The number of para-hydroxylation sites is 2. The number of rotatable bonds is 7. The number of hydrogen-bond acceptors (Lipinski definition) is 6. The highest BCUT2D eigenvalue weighted by atomic mass is 32.2. The number of sulfonamides is 1. The number of amides is 1. The molecule has 0 aliphatic heterocycles. The van der Waals surface area contributed by atoms with Gasteiger partial charge in [-0.2, -0.15) is 0 Å². The molecule has 0 aliphatic rings. The smallest absolute Gasteiger partial charge is 0.262 e. The molecule has 9 heteroatoms. The third kappa shape index (κ3) is 4.87. The van der Waals surface area contributed by atoms with Crippen molar-refractivity contribution >= 4 is 33.4 Å². The molecule has 0 saturated carbocycles. The Hall–Kier alpha value is -3.59. The Balaban J connectivity index is 1.76. The number of nitrogens with one attached hydrogen (secondary N) is 2. The Morgan fingerprint density at radius 3 is 2.60 bits per heavy atom. The summed E-state index contributed by atoms with van der Waals surface area (Å²) < 4.78 is 38.2. The monoisotopic (exact) mass is 427 g/mol. The van der Waals surface area contributed by atoms with Gasteiger partial charge >= 0.3 is 0 Å². The lowest BCUT2D eigenvalue weighted by atomic mass is 10.2. The summed E-state index contributed by atoms with van der Waals surface area (Å²) in [6.45, 7) is 3.53. The summed E-state index contributed by atoms with van der Waals surface area (Å²) in [5.74, 6) is 0.587. The molecular formula is C21H21N3O5S. The second kappa shape index (κ2) is 8.83. The Bertz CT molecular complexity index is 1180. The number of methoxy groups -OCH3 is 1. The summed E-state index contributed by atoms with van der Waals surface area (Å²) in [5, 5.41) is 6.47.